The van der Waals surface area contributed by atoms with Gasteiger partial charge in [-0.3, -0.25) is 9.69 Å². The molecule has 6 heteroatoms. The predicted octanol–water partition coefficient (Wildman–Crippen LogP) is 0.541. The molecule has 1 aromatic carbocycles. The van der Waals surface area contributed by atoms with E-state index in [1.54, 1.807) is 0 Å². The highest BCUT2D eigenvalue weighted by Crippen LogP contribution is 2.13. The smallest absolute Gasteiger partial charge is 0.324 e. The molecule has 0 aromatic heterocycles. The van der Waals surface area contributed by atoms with Crippen molar-refractivity contribution in [3.8, 4) is 5.75 Å². The zero-order chi connectivity index (χ0) is 14.5. The van der Waals surface area contributed by atoms with Crippen LogP contribution >= 0.6 is 0 Å². The Hall–Kier alpha value is -2.08. The highest BCUT2D eigenvalue weighted by Gasteiger charge is 2.30. The van der Waals surface area contributed by atoms with Gasteiger partial charge in [-0.1, -0.05) is 19.1 Å². The summed E-state index contributed by atoms with van der Waals surface area (Å²) in [4.78, 5) is 23.7. The lowest BCUT2D eigenvalue weighted by molar-refractivity contribution is -0.126. The third kappa shape index (κ3) is 3.48. The number of nitrogens with one attached hydrogen (secondary N) is 1. The quantitative estimate of drug-likeness (QED) is 0.744. The fourth-order valence-electron chi connectivity index (χ4n) is 1.92. The number of ether oxygens (including phenoxy) is 1. The summed E-state index contributed by atoms with van der Waals surface area (Å²) in [7, 11) is 0. The van der Waals surface area contributed by atoms with Crippen molar-refractivity contribution in [1.29, 1.82) is 0 Å². The summed E-state index contributed by atoms with van der Waals surface area (Å²) in [5.74, 6) is 0.319. The Morgan fingerprint density at radius 1 is 1.35 bits per heavy atom. The van der Waals surface area contributed by atoms with Crippen molar-refractivity contribution in [2.45, 2.75) is 19.4 Å². The highest BCUT2D eigenvalue weighted by atomic mass is 16.5. The number of urea groups is 1. The molecule has 1 unspecified atom stereocenters. The van der Waals surface area contributed by atoms with Crippen molar-refractivity contribution in [3.05, 3.63) is 29.8 Å². The van der Waals surface area contributed by atoms with Gasteiger partial charge in [0.2, 0.25) is 5.91 Å². The van der Waals surface area contributed by atoms with Crippen molar-refractivity contribution in [2.75, 3.05) is 19.7 Å². The predicted molar refractivity (Wildman–Crippen MR) is 72.4 cm³/mol. The first-order valence-electron chi connectivity index (χ1n) is 6.58. The van der Waals surface area contributed by atoms with E-state index in [9.17, 15) is 14.7 Å². The molecule has 1 aromatic rings. The number of aliphatic hydroxyl groups is 1. The van der Waals surface area contributed by atoms with Gasteiger partial charge >= 0.3 is 6.03 Å². The molecule has 1 heterocycles. The molecule has 20 heavy (non-hydrogen) atoms. The van der Waals surface area contributed by atoms with E-state index >= 15 is 0 Å². The number of rotatable bonds is 6. The summed E-state index contributed by atoms with van der Waals surface area (Å²) in [6, 6.07) is 7.11. The molecule has 1 aliphatic rings. The van der Waals surface area contributed by atoms with E-state index in [2.05, 4.69) is 12.2 Å². The van der Waals surface area contributed by atoms with Crippen molar-refractivity contribution >= 4 is 11.9 Å². The molecule has 1 fully saturated rings. The van der Waals surface area contributed by atoms with E-state index in [0.29, 0.717) is 5.75 Å². The van der Waals surface area contributed by atoms with E-state index < -0.39 is 12.1 Å². The Morgan fingerprint density at radius 3 is 2.60 bits per heavy atom. The molecule has 108 valence electrons. The fourth-order valence-corrected chi connectivity index (χ4v) is 1.92. The maximum Gasteiger partial charge on any atom is 0.324 e. The van der Waals surface area contributed by atoms with Gasteiger partial charge in [0.25, 0.3) is 0 Å². The number of nitrogens with zero attached hydrogens (tertiary/aromatic N) is 1. The summed E-state index contributed by atoms with van der Waals surface area (Å²) in [5.41, 5.74) is 1.21. The number of benzene rings is 1. The first kappa shape index (κ1) is 14.3. The van der Waals surface area contributed by atoms with Gasteiger partial charge in [-0.15, -0.1) is 0 Å². The number of β-amino-alcohol motifs (C(OH)–C–C–N with tert-alkyl or cyclic N) is 1. The minimum Gasteiger partial charge on any atom is -0.491 e. The van der Waals surface area contributed by atoms with E-state index in [1.165, 1.54) is 5.56 Å². The lowest BCUT2D eigenvalue weighted by Gasteiger charge is -2.17. The SMILES string of the molecule is CCc1ccc(OCC(O)CN2C(=O)CNC2=O)cc1. The summed E-state index contributed by atoms with van der Waals surface area (Å²) < 4.78 is 5.43. The minimum absolute atomic E-state index is 0.00904. The third-order valence-corrected chi connectivity index (χ3v) is 3.10. The third-order valence-electron chi connectivity index (χ3n) is 3.10. The number of amides is 3. The molecular formula is C14H18N2O4. The van der Waals surface area contributed by atoms with Crippen LogP contribution in [0.3, 0.4) is 0 Å². The van der Waals surface area contributed by atoms with Crippen LogP contribution in [0, 0.1) is 0 Å². The van der Waals surface area contributed by atoms with Crippen molar-refractivity contribution in [3.63, 3.8) is 0 Å². The number of hydrogen-bond donors (Lipinski definition) is 2. The number of imide groups is 1. The number of aliphatic hydroxyl groups excluding tert-OH is 1. The summed E-state index contributed by atoms with van der Waals surface area (Å²) in [5, 5.41) is 12.2. The zero-order valence-electron chi connectivity index (χ0n) is 11.3. The van der Waals surface area contributed by atoms with Crippen LogP contribution in [0.2, 0.25) is 0 Å². The zero-order valence-corrected chi connectivity index (χ0v) is 11.3. The first-order valence-corrected chi connectivity index (χ1v) is 6.58. The molecule has 0 spiro atoms. The van der Waals surface area contributed by atoms with Gasteiger partial charge in [0.15, 0.2) is 0 Å². The Labute approximate surface area is 117 Å². The standard InChI is InChI=1S/C14H18N2O4/c1-2-10-3-5-12(6-4-10)20-9-11(17)8-16-13(18)7-15-14(16)19/h3-6,11,17H,2,7-9H2,1H3,(H,15,19). The Bertz CT molecular complexity index is 470. The van der Waals surface area contributed by atoms with Crippen molar-refractivity contribution < 1.29 is 19.4 Å². The maximum absolute atomic E-state index is 11.4. The van der Waals surface area contributed by atoms with Crippen molar-refractivity contribution in [1.82, 2.24) is 10.2 Å². The molecule has 2 rings (SSSR count). The second-order valence-electron chi connectivity index (χ2n) is 4.63. The average molecular weight is 278 g/mol. The summed E-state index contributed by atoms with van der Waals surface area (Å²) in [6.45, 7) is 2.03. The van der Waals surface area contributed by atoms with Gasteiger partial charge in [-0.2, -0.15) is 0 Å². The Balaban J connectivity index is 1.81. The normalized spacial score (nSPS) is 16.2. The topological polar surface area (TPSA) is 78.9 Å². The van der Waals surface area contributed by atoms with Crippen molar-refractivity contribution in [2.24, 2.45) is 0 Å². The average Bonchev–Trinajstić information content (AvgIpc) is 2.77. The molecule has 1 saturated heterocycles. The van der Waals surface area contributed by atoms with Crippen LogP contribution in [0.4, 0.5) is 4.79 Å². The molecule has 3 amide bonds. The largest absolute Gasteiger partial charge is 0.491 e. The van der Waals surface area contributed by atoms with Crippen LogP contribution in [-0.2, 0) is 11.2 Å². The Kier molecular flexibility index (Phi) is 4.57. The highest BCUT2D eigenvalue weighted by molar-refractivity contribution is 6.01. The number of carbonyl (C=O) groups is 2. The van der Waals surface area contributed by atoms with E-state index in [-0.39, 0.29) is 25.6 Å². The molecule has 0 radical (unpaired) electrons. The van der Waals surface area contributed by atoms with E-state index in [4.69, 9.17) is 4.74 Å². The molecular weight excluding hydrogens is 260 g/mol. The first-order chi connectivity index (χ1) is 9.60. The molecule has 0 bridgehead atoms. The minimum atomic E-state index is -0.909. The van der Waals surface area contributed by atoms with Crippen LogP contribution in [0.25, 0.3) is 0 Å². The van der Waals surface area contributed by atoms with Gasteiger partial charge in [-0.05, 0) is 24.1 Å². The van der Waals surface area contributed by atoms with E-state index in [1.807, 2.05) is 24.3 Å². The van der Waals surface area contributed by atoms with Crippen LogP contribution in [0.5, 0.6) is 5.75 Å². The molecule has 0 saturated carbocycles. The molecule has 2 N–H and O–H groups in total. The van der Waals surface area contributed by atoms with Crippen LogP contribution in [-0.4, -0.2) is 47.7 Å². The summed E-state index contributed by atoms with van der Waals surface area (Å²) in [6.07, 6.45) is 0.0448. The monoisotopic (exact) mass is 278 g/mol. The molecule has 6 nitrogen and oxygen atoms in total. The van der Waals surface area contributed by atoms with E-state index in [0.717, 1.165) is 11.3 Å². The summed E-state index contributed by atoms with van der Waals surface area (Å²) >= 11 is 0. The molecule has 0 aliphatic carbocycles. The lowest BCUT2D eigenvalue weighted by Crippen LogP contribution is -2.39. The van der Waals surface area contributed by atoms with Crippen LogP contribution in [0.15, 0.2) is 24.3 Å². The fraction of sp³-hybridized carbons (Fsp3) is 0.429. The number of hydrogen-bond acceptors (Lipinski definition) is 4. The second-order valence-corrected chi connectivity index (χ2v) is 4.63. The van der Waals surface area contributed by atoms with Gasteiger partial charge in [-0.25, -0.2) is 4.79 Å². The van der Waals surface area contributed by atoms with Gasteiger partial charge in [0.1, 0.15) is 18.5 Å². The maximum atomic E-state index is 11.4. The molecule has 1 atom stereocenters. The second kappa shape index (κ2) is 6.38. The lowest BCUT2D eigenvalue weighted by atomic mass is 10.2. The van der Waals surface area contributed by atoms with Crippen LogP contribution < -0.4 is 10.1 Å². The van der Waals surface area contributed by atoms with Gasteiger partial charge in [0.05, 0.1) is 13.1 Å². The molecule has 1 aliphatic heterocycles. The number of carbonyl (C=O) groups excluding carboxylic acids is 2. The Morgan fingerprint density at radius 2 is 2.05 bits per heavy atom. The van der Waals surface area contributed by atoms with Gasteiger partial charge < -0.3 is 15.2 Å². The number of aryl methyl sites for hydroxylation is 1. The van der Waals surface area contributed by atoms with Crippen LogP contribution in [0.1, 0.15) is 12.5 Å². The van der Waals surface area contributed by atoms with Gasteiger partial charge in [0, 0.05) is 0 Å².